The van der Waals surface area contributed by atoms with Crippen molar-refractivity contribution in [1.82, 2.24) is 30.3 Å². The van der Waals surface area contributed by atoms with E-state index in [4.69, 9.17) is 4.74 Å². The number of carbonyl (C=O) groups excluding carboxylic acids is 1. The third-order valence-electron chi connectivity index (χ3n) is 4.39. The molecule has 2 aromatic heterocycles. The van der Waals surface area contributed by atoms with Crippen molar-refractivity contribution in [2.45, 2.75) is 32.1 Å². The molecule has 0 aromatic carbocycles. The van der Waals surface area contributed by atoms with Gasteiger partial charge in [0.15, 0.2) is 0 Å². The molecule has 1 aliphatic heterocycles. The van der Waals surface area contributed by atoms with Crippen LogP contribution in [0, 0.1) is 5.92 Å². The molecule has 124 valence electrons. The first-order valence-corrected chi connectivity index (χ1v) is 8.03. The van der Waals surface area contributed by atoms with Gasteiger partial charge in [-0.1, -0.05) is 17.4 Å². The van der Waals surface area contributed by atoms with Crippen molar-refractivity contribution in [3.63, 3.8) is 0 Å². The molecule has 0 fully saturated rings. The third kappa shape index (κ3) is 2.92. The summed E-state index contributed by atoms with van der Waals surface area (Å²) in [5.74, 6) is 0.162. The minimum Gasteiger partial charge on any atom is -0.368 e. The number of nitrogens with one attached hydrogen (secondary N) is 1. The number of hydrogen-bond acceptors (Lipinski definition) is 6. The molecule has 8 nitrogen and oxygen atoms in total. The molecular weight excluding hydrogens is 308 g/mol. The predicted molar refractivity (Wildman–Crippen MR) is 84.5 cm³/mol. The second kappa shape index (κ2) is 6.48. The van der Waals surface area contributed by atoms with Crippen LogP contribution in [0.2, 0.25) is 0 Å². The molecule has 0 saturated heterocycles. The van der Waals surface area contributed by atoms with E-state index >= 15 is 0 Å². The minimum atomic E-state index is -0.0996. The Bertz CT molecular complexity index is 749. The van der Waals surface area contributed by atoms with Crippen LogP contribution in [-0.4, -0.2) is 43.5 Å². The van der Waals surface area contributed by atoms with E-state index in [1.165, 1.54) is 6.33 Å². The van der Waals surface area contributed by atoms with Crippen molar-refractivity contribution >= 4 is 5.91 Å². The van der Waals surface area contributed by atoms with E-state index in [2.05, 4.69) is 37.7 Å². The van der Waals surface area contributed by atoms with E-state index in [1.807, 2.05) is 4.68 Å². The second-order valence-electron chi connectivity index (χ2n) is 6.01. The quantitative estimate of drug-likeness (QED) is 0.832. The molecule has 0 saturated carbocycles. The topological polar surface area (TPSA) is 94.8 Å². The fourth-order valence-corrected chi connectivity index (χ4v) is 3.02. The Hall–Kier alpha value is -2.61. The van der Waals surface area contributed by atoms with E-state index in [9.17, 15) is 4.79 Å². The average Bonchev–Trinajstić information content (AvgIpc) is 3.30. The summed E-state index contributed by atoms with van der Waals surface area (Å²) < 4.78 is 7.70. The van der Waals surface area contributed by atoms with Gasteiger partial charge in [0, 0.05) is 30.4 Å². The Labute approximate surface area is 138 Å². The van der Waals surface area contributed by atoms with Crippen LogP contribution in [0.4, 0.5) is 0 Å². The molecule has 24 heavy (non-hydrogen) atoms. The number of allylic oxidation sites excluding steroid dienone is 2. The third-order valence-corrected chi connectivity index (χ3v) is 4.39. The van der Waals surface area contributed by atoms with Gasteiger partial charge in [-0.2, -0.15) is 0 Å². The molecule has 1 N–H and O–H groups in total. The smallest absolute Gasteiger partial charge is 0.223 e. The molecule has 2 aromatic rings. The lowest BCUT2D eigenvalue weighted by atomic mass is 10.1. The summed E-state index contributed by atoms with van der Waals surface area (Å²) in [6.45, 7) is 1.46. The summed E-state index contributed by atoms with van der Waals surface area (Å²) in [6, 6.07) is 0. The van der Waals surface area contributed by atoms with Crippen LogP contribution in [0.1, 0.15) is 18.5 Å². The molecule has 8 heteroatoms. The van der Waals surface area contributed by atoms with Crippen molar-refractivity contribution in [3.05, 3.63) is 36.6 Å². The summed E-state index contributed by atoms with van der Waals surface area (Å²) in [5.41, 5.74) is 2.48. The lowest BCUT2D eigenvalue weighted by Crippen LogP contribution is -2.40. The van der Waals surface area contributed by atoms with Gasteiger partial charge in [0.05, 0.1) is 24.9 Å². The highest BCUT2D eigenvalue weighted by atomic mass is 16.5. The number of amides is 1. The molecule has 0 spiro atoms. The van der Waals surface area contributed by atoms with E-state index in [0.717, 1.165) is 29.8 Å². The maximum absolute atomic E-state index is 12.1. The van der Waals surface area contributed by atoms with Gasteiger partial charge < -0.3 is 10.1 Å². The number of carbonyl (C=O) groups is 1. The normalized spacial score (nSPS) is 20.1. The fraction of sp³-hybridized carbons (Fsp3) is 0.438. The van der Waals surface area contributed by atoms with Crippen LogP contribution >= 0.6 is 0 Å². The maximum Gasteiger partial charge on any atom is 0.223 e. The van der Waals surface area contributed by atoms with E-state index in [0.29, 0.717) is 19.7 Å². The SMILES string of the molecule is O=C(NCC1Cn2nnc(-c3cncnc3)c2CO1)C1CC=CC1. The van der Waals surface area contributed by atoms with Crippen LogP contribution in [0.25, 0.3) is 11.3 Å². The van der Waals surface area contributed by atoms with Gasteiger partial charge in [-0.3, -0.25) is 4.79 Å². The van der Waals surface area contributed by atoms with Crippen molar-refractivity contribution in [2.24, 2.45) is 5.92 Å². The van der Waals surface area contributed by atoms with Crippen molar-refractivity contribution in [1.29, 1.82) is 0 Å². The van der Waals surface area contributed by atoms with Crippen molar-refractivity contribution in [2.75, 3.05) is 6.54 Å². The minimum absolute atomic E-state index is 0.0696. The zero-order valence-electron chi connectivity index (χ0n) is 13.1. The summed E-state index contributed by atoms with van der Waals surface area (Å²) in [4.78, 5) is 20.1. The average molecular weight is 326 g/mol. The lowest BCUT2D eigenvalue weighted by Gasteiger charge is -2.24. The van der Waals surface area contributed by atoms with Crippen LogP contribution in [0.15, 0.2) is 30.9 Å². The van der Waals surface area contributed by atoms with Gasteiger partial charge in [0.25, 0.3) is 0 Å². The van der Waals surface area contributed by atoms with E-state index < -0.39 is 0 Å². The van der Waals surface area contributed by atoms with E-state index in [-0.39, 0.29) is 17.9 Å². The van der Waals surface area contributed by atoms with Crippen LogP contribution in [-0.2, 0) is 22.7 Å². The number of hydrogen-bond donors (Lipinski definition) is 1. The highest BCUT2D eigenvalue weighted by Crippen LogP contribution is 2.24. The van der Waals surface area contributed by atoms with Gasteiger partial charge in [-0.25, -0.2) is 14.6 Å². The highest BCUT2D eigenvalue weighted by molar-refractivity contribution is 5.79. The summed E-state index contributed by atoms with van der Waals surface area (Å²) >= 11 is 0. The number of ether oxygens (including phenoxy) is 1. The number of fused-ring (bicyclic) bond motifs is 1. The van der Waals surface area contributed by atoms with Gasteiger partial charge in [-0.15, -0.1) is 5.10 Å². The molecule has 1 unspecified atom stereocenters. The number of aromatic nitrogens is 5. The standard InChI is InChI=1S/C16H18N6O2/c23-16(11-3-1-2-4-11)19-7-13-8-22-14(9-24-13)15(20-21-22)12-5-17-10-18-6-12/h1-2,5-6,10-11,13H,3-4,7-9H2,(H,19,23). The highest BCUT2D eigenvalue weighted by Gasteiger charge is 2.26. The largest absolute Gasteiger partial charge is 0.368 e. The lowest BCUT2D eigenvalue weighted by molar-refractivity contribution is -0.125. The van der Waals surface area contributed by atoms with Crippen molar-refractivity contribution < 1.29 is 9.53 Å². The molecule has 1 atom stereocenters. The molecule has 0 bridgehead atoms. The van der Waals surface area contributed by atoms with Gasteiger partial charge in [0.2, 0.25) is 5.91 Å². The first-order chi connectivity index (χ1) is 11.8. The molecule has 3 heterocycles. The molecule has 2 aliphatic rings. The zero-order chi connectivity index (χ0) is 16.4. The Balaban J connectivity index is 1.38. The summed E-state index contributed by atoms with van der Waals surface area (Å²) in [5, 5.41) is 11.4. The van der Waals surface area contributed by atoms with Crippen LogP contribution < -0.4 is 5.32 Å². The Kier molecular flexibility index (Phi) is 4.04. The van der Waals surface area contributed by atoms with Crippen molar-refractivity contribution in [3.8, 4) is 11.3 Å². The first-order valence-electron chi connectivity index (χ1n) is 8.03. The molecule has 1 aliphatic carbocycles. The maximum atomic E-state index is 12.1. The molecular formula is C16H18N6O2. The fourth-order valence-electron chi connectivity index (χ4n) is 3.02. The monoisotopic (exact) mass is 326 g/mol. The molecule has 0 radical (unpaired) electrons. The zero-order valence-corrected chi connectivity index (χ0v) is 13.1. The number of nitrogens with zero attached hydrogens (tertiary/aromatic N) is 5. The second-order valence-corrected chi connectivity index (χ2v) is 6.01. The van der Waals surface area contributed by atoms with E-state index in [1.54, 1.807) is 12.4 Å². The van der Waals surface area contributed by atoms with Gasteiger partial charge >= 0.3 is 0 Å². The first kappa shape index (κ1) is 14.9. The van der Waals surface area contributed by atoms with Crippen LogP contribution in [0.5, 0.6) is 0 Å². The Morgan fingerprint density at radius 3 is 2.88 bits per heavy atom. The molecule has 1 amide bonds. The predicted octanol–water partition coefficient (Wildman–Crippen LogP) is 0.716. The summed E-state index contributed by atoms with van der Waals surface area (Å²) in [7, 11) is 0. The Morgan fingerprint density at radius 2 is 2.08 bits per heavy atom. The summed E-state index contributed by atoms with van der Waals surface area (Å²) in [6.07, 6.45) is 10.6. The van der Waals surface area contributed by atoms with Gasteiger partial charge in [-0.05, 0) is 12.8 Å². The molecule has 4 rings (SSSR count). The van der Waals surface area contributed by atoms with Crippen LogP contribution in [0.3, 0.4) is 0 Å². The number of rotatable bonds is 4. The van der Waals surface area contributed by atoms with Gasteiger partial charge in [0.1, 0.15) is 12.0 Å². The Morgan fingerprint density at radius 1 is 1.29 bits per heavy atom.